The Morgan fingerprint density at radius 2 is 1.68 bits per heavy atom. The van der Waals surface area contributed by atoms with Gasteiger partial charge in [0.25, 0.3) is 5.91 Å². The summed E-state index contributed by atoms with van der Waals surface area (Å²) in [6, 6.07) is 15.5. The Balaban J connectivity index is 1.79. The summed E-state index contributed by atoms with van der Waals surface area (Å²) in [4.78, 5) is 16.7. The number of aryl methyl sites for hydroxylation is 2. The molecule has 4 nitrogen and oxygen atoms in total. The van der Waals surface area contributed by atoms with Crippen molar-refractivity contribution in [3.8, 4) is 0 Å². The molecule has 0 fully saturated rings. The molecule has 3 aromatic rings. The highest BCUT2D eigenvalue weighted by atomic mass is 79.9. The number of aromatic nitrogens is 1. The maximum atomic E-state index is 12.5. The van der Waals surface area contributed by atoms with Crippen LogP contribution in [0.1, 0.15) is 21.5 Å². The highest BCUT2D eigenvalue weighted by Crippen LogP contribution is 2.23. The summed E-state index contributed by atoms with van der Waals surface area (Å²) in [5.74, 6) is -0.205. The van der Waals surface area contributed by atoms with Gasteiger partial charge in [0.1, 0.15) is 0 Å². The molecule has 0 unspecified atom stereocenters. The van der Waals surface area contributed by atoms with E-state index in [1.807, 2.05) is 24.3 Å². The van der Waals surface area contributed by atoms with Gasteiger partial charge in [-0.05, 0) is 71.2 Å². The van der Waals surface area contributed by atoms with Gasteiger partial charge in [-0.3, -0.25) is 9.78 Å². The number of anilines is 3. The largest absolute Gasteiger partial charge is 0.354 e. The lowest BCUT2D eigenvalue weighted by molar-refractivity contribution is 0.102. The van der Waals surface area contributed by atoms with E-state index in [2.05, 4.69) is 63.6 Å². The quantitative estimate of drug-likeness (QED) is 0.616. The first kappa shape index (κ1) is 17.2. The molecule has 3 rings (SSSR count). The number of benzene rings is 2. The van der Waals surface area contributed by atoms with Crippen LogP contribution in [0, 0.1) is 13.8 Å². The zero-order valence-corrected chi connectivity index (χ0v) is 15.6. The number of nitrogens with zero attached hydrogens (tertiary/aromatic N) is 1. The number of pyridine rings is 1. The number of amides is 1. The third-order valence-electron chi connectivity index (χ3n) is 3.63. The number of carbonyl (C=O) groups excluding carboxylic acids is 1. The first-order valence-corrected chi connectivity index (χ1v) is 8.67. The summed E-state index contributed by atoms with van der Waals surface area (Å²) < 4.78 is 0.834. The molecule has 0 bridgehead atoms. The molecular formula is C20H18BrN3O. The molecule has 0 radical (unpaired) electrons. The van der Waals surface area contributed by atoms with Gasteiger partial charge in [-0.1, -0.05) is 18.2 Å². The third kappa shape index (κ3) is 4.45. The number of rotatable bonds is 4. The third-order valence-corrected chi connectivity index (χ3v) is 4.32. The van der Waals surface area contributed by atoms with E-state index in [1.165, 1.54) is 11.1 Å². The lowest BCUT2D eigenvalue weighted by Gasteiger charge is -2.10. The fourth-order valence-corrected chi connectivity index (χ4v) is 2.99. The minimum absolute atomic E-state index is 0.205. The van der Waals surface area contributed by atoms with E-state index in [-0.39, 0.29) is 5.91 Å². The number of hydrogen-bond acceptors (Lipinski definition) is 3. The topological polar surface area (TPSA) is 54.0 Å². The van der Waals surface area contributed by atoms with E-state index < -0.39 is 0 Å². The summed E-state index contributed by atoms with van der Waals surface area (Å²) in [7, 11) is 0. The van der Waals surface area contributed by atoms with Gasteiger partial charge < -0.3 is 10.6 Å². The monoisotopic (exact) mass is 395 g/mol. The molecule has 0 saturated heterocycles. The predicted octanol–water partition coefficient (Wildman–Crippen LogP) is 5.46. The molecule has 2 N–H and O–H groups in total. The Hall–Kier alpha value is -2.66. The number of hydrogen-bond donors (Lipinski definition) is 2. The number of carbonyl (C=O) groups is 1. The van der Waals surface area contributed by atoms with Crippen LogP contribution in [0.5, 0.6) is 0 Å². The van der Waals surface area contributed by atoms with Gasteiger partial charge >= 0.3 is 0 Å². The fourth-order valence-electron chi connectivity index (χ4n) is 2.60. The van der Waals surface area contributed by atoms with Crippen molar-refractivity contribution in [3.63, 3.8) is 0 Å². The van der Waals surface area contributed by atoms with Gasteiger partial charge in [-0.15, -0.1) is 0 Å². The molecule has 0 saturated carbocycles. The highest BCUT2D eigenvalue weighted by Gasteiger charge is 2.09. The van der Waals surface area contributed by atoms with Crippen molar-refractivity contribution < 1.29 is 4.79 Å². The van der Waals surface area contributed by atoms with Gasteiger partial charge in [-0.2, -0.15) is 0 Å². The average molecular weight is 396 g/mol. The Labute approximate surface area is 155 Å². The fraction of sp³-hybridized carbons (Fsp3) is 0.100. The van der Waals surface area contributed by atoms with Crippen LogP contribution in [-0.2, 0) is 0 Å². The van der Waals surface area contributed by atoms with Crippen LogP contribution in [0.4, 0.5) is 17.1 Å². The Morgan fingerprint density at radius 1 is 0.960 bits per heavy atom. The molecule has 1 aromatic heterocycles. The molecule has 0 atom stereocenters. The molecule has 126 valence electrons. The van der Waals surface area contributed by atoms with Gasteiger partial charge in [0.05, 0.1) is 23.1 Å². The second-order valence-corrected chi connectivity index (χ2v) is 6.75. The van der Waals surface area contributed by atoms with E-state index >= 15 is 0 Å². The van der Waals surface area contributed by atoms with E-state index in [0.29, 0.717) is 5.56 Å². The lowest BCUT2D eigenvalue weighted by atomic mass is 10.1. The van der Waals surface area contributed by atoms with E-state index in [0.717, 1.165) is 21.5 Å². The Bertz CT molecular complexity index is 904. The highest BCUT2D eigenvalue weighted by molar-refractivity contribution is 9.10. The van der Waals surface area contributed by atoms with Crippen LogP contribution in [0.25, 0.3) is 0 Å². The first-order valence-electron chi connectivity index (χ1n) is 7.87. The average Bonchev–Trinajstić information content (AvgIpc) is 2.56. The Kier molecular flexibility index (Phi) is 5.14. The molecule has 1 heterocycles. The van der Waals surface area contributed by atoms with Crippen molar-refractivity contribution >= 4 is 38.9 Å². The normalized spacial score (nSPS) is 10.4. The number of para-hydroxylation sites is 1. The molecule has 1 amide bonds. The summed E-state index contributed by atoms with van der Waals surface area (Å²) in [5, 5.41) is 6.19. The second-order valence-electron chi connectivity index (χ2n) is 5.90. The Morgan fingerprint density at radius 3 is 2.40 bits per heavy atom. The van der Waals surface area contributed by atoms with Crippen molar-refractivity contribution in [3.05, 3.63) is 82.1 Å². The van der Waals surface area contributed by atoms with Crippen molar-refractivity contribution in [2.75, 3.05) is 10.6 Å². The predicted molar refractivity (Wildman–Crippen MR) is 106 cm³/mol. The zero-order valence-electron chi connectivity index (χ0n) is 14.0. The number of nitrogens with one attached hydrogen (secondary N) is 2. The van der Waals surface area contributed by atoms with Gasteiger partial charge in [0, 0.05) is 16.4 Å². The molecule has 5 heteroatoms. The minimum Gasteiger partial charge on any atom is -0.354 e. The van der Waals surface area contributed by atoms with Crippen molar-refractivity contribution in [1.82, 2.24) is 4.98 Å². The van der Waals surface area contributed by atoms with E-state index in [1.54, 1.807) is 18.5 Å². The molecule has 0 aliphatic heterocycles. The van der Waals surface area contributed by atoms with Crippen molar-refractivity contribution in [1.29, 1.82) is 0 Å². The summed E-state index contributed by atoms with van der Waals surface area (Å²) in [6.45, 7) is 4.11. The molecule has 0 spiro atoms. The first-order chi connectivity index (χ1) is 12.0. The van der Waals surface area contributed by atoms with Crippen LogP contribution < -0.4 is 10.6 Å². The van der Waals surface area contributed by atoms with Gasteiger partial charge in [0.15, 0.2) is 0 Å². The van der Waals surface area contributed by atoms with Crippen LogP contribution in [0.15, 0.2) is 65.4 Å². The van der Waals surface area contributed by atoms with Crippen LogP contribution in [-0.4, -0.2) is 10.9 Å². The zero-order chi connectivity index (χ0) is 17.8. The van der Waals surface area contributed by atoms with E-state index in [9.17, 15) is 4.79 Å². The number of halogens is 1. The second kappa shape index (κ2) is 7.49. The van der Waals surface area contributed by atoms with Crippen molar-refractivity contribution in [2.45, 2.75) is 13.8 Å². The standard InChI is InChI=1S/C20H18BrN3O/c1-13-7-14(2)9-16(8-13)23-17-10-15(11-22-12-17)20(25)24-19-6-4-3-5-18(19)21/h3-12,23H,1-2H3,(H,24,25). The van der Waals surface area contributed by atoms with Crippen molar-refractivity contribution in [2.24, 2.45) is 0 Å². The molecule has 25 heavy (non-hydrogen) atoms. The molecular weight excluding hydrogens is 378 g/mol. The van der Waals surface area contributed by atoms with Gasteiger partial charge in [0.2, 0.25) is 0 Å². The minimum atomic E-state index is -0.205. The van der Waals surface area contributed by atoms with Gasteiger partial charge in [-0.25, -0.2) is 0 Å². The maximum Gasteiger partial charge on any atom is 0.257 e. The molecule has 0 aliphatic carbocycles. The van der Waals surface area contributed by atoms with Crippen LogP contribution in [0.2, 0.25) is 0 Å². The van der Waals surface area contributed by atoms with Crippen LogP contribution >= 0.6 is 15.9 Å². The summed E-state index contributed by atoms with van der Waals surface area (Å²) >= 11 is 3.43. The summed E-state index contributed by atoms with van der Waals surface area (Å²) in [5.41, 5.74) is 5.31. The summed E-state index contributed by atoms with van der Waals surface area (Å²) in [6.07, 6.45) is 3.26. The SMILES string of the molecule is Cc1cc(C)cc(Nc2cncc(C(=O)Nc3ccccc3Br)c2)c1. The van der Waals surface area contributed by atoms with E-state index in [4.69, 9.17) is 0 Å². The molecule has 0 aliphatic rings. The maximum absolute atomic E-state index is 12.5. The smallest absolute Gasteiger partial charge is 0.257 e. The lowest BCUT2D eigenvalue weighted by Crippen LogP contribution is -2.12. The molecule has 2 aromatic carbocycles. The van der Waals surface area contributed by atoms with Crippen LogP contribution in [0.3, 0.4) is 0 Å².